The van der Waals surface area contributed by atoms with Gasteiger partial charge in [-0.15, -0.1) is 22.7 Å². The molecule has 0 saturated carbocycles. The van der Waals surface area contributed by atoms with Crippen LogP contribution in [0.4, 0.5) is 17.6 Å². The van der Waals surface area contributed by atoms with Crippen molar-refractivity contribution in [1.29, 1.82) is 0 Å². The molecule has 2 aliphatic rings. The lowest BCUT2D eigenvalue weighted by atomic mass is 9.79. The predicted molar refractivity (Wildman–Crippen MR) is 97.2 cm³/mol. The third-order valence-corrected chi connectivity index (χ3v) is 7.84. The first kappa shape index (κ1) is 16.5. The van der Waals surface area contributed by atoms with Crippen molar-refractivity contribution in [3.05, 3.63) is 56.3 Å². The third kappa shape index (κ3) is 1.66. The molecule has 0 radical (unpaired) electrons. The zero-order chi connectivity index (χ0) is 18.8. The first-order valence-electron chi connectivity index (χ1n) is 8.23. The van der Waals surface area contributed by atoms with Crippen LogP contribution < -0.4 is 0 Å². The molecule has 0 amide bonds. The summed E-state index contributed by atoms with van der Waals surface area (Å²) in [5.41, 5.74) is 2.67. The van der Waals surface area contributed by atoms with Crippen LogP contribution >= 0.6 is 22.7 Å². The number of halogens is 4. The Labute approximate surface area is 156 Å². The Balaban J connectivity index is 1.87. The van der Waals surface area contributed by atoms with Crippen LogP contribution in [0.5, 0.6) is 0 Å². The van der Waals surface area contributed by atoms with E-state index in [9.17, 15) is 17.6 Å². The van der Waals surface area contributed by atoms with Crippen LogP contribution in [0, 0.1) is 21.9 Å². The summed E-state index contributed by atoms with van der Waals surface area (Å²) in [6.45, 7) is 7.43. The highest BCUT2D eigenvalue weighted by molar-refractivity contribution is 7.14. The summed E-state index contributed by atoms with van der Waals surface area (Å²) in [6.07, 6.45) is 0. The molecule has 1 aromatic carbocycles. The summed E-state index contributed by atoms with van der Waals surface area (Å²) in [7, 11) is 0. The van der Waals surface area contributed by atoms with E-state index in [0.29, 0.717) is 20.9 Å². The van der Waals surface area contributed by atoms with Gasteiger partial charge in [-0.3, -0.25) is 0 Å². The molecule has 2 heterocycles. The summed E-state index contributed by atoms with van der Waals surface area (Å²) in [5, 5.41) is -1.61. The van der Waals surface area contributed by atoms with E-state index in [2.05, 4.69) is 0 Å². The molecule has 0 N–H and O–H groups in total. The highest BCUT2D eigenvalue weighted by atomic mass is 32.1. The monoisotopic (exact) mass is 394 g/mol. The Hall–Kier alpha value is -1.66. The van der Waals surface area contributed by atoms with Crippen molar-refractivity contribution in [3.8, 4) is 20.9 Å². The van der Waals surface area contributed by atoms with Gasteiger partial charge in [0.15, 0.2) is 11.6 Å². The molecule has 3 aromatic rings. The van der Waals surface area contributed by atoms with Crippen molar-refractivity contribution in [2.45, 2.75) is 38.5 Å². The summed E-state index contributed by atoms with van der Waals surface area (Å²) < 4.78 is 56.6. The maximum absolute atomic E-state index is 14.4. The highest BCUT2D eigenvalue weighted by Gasteiger charge is 2.46. The summed E-state index contributed by atoms with van der Waals surface area (Å²) in [5.74, 6) is -1.58. The van der Waals surface area contributed by atoms with Crippen molar-refractivity contribution in [2.24, 2.45) is 0 Å². The van der Waals surface area contributed by atoms with Gasteiger partial charge < -0.3 is 0 Å². The molecule has 134 valence electrons. The summed E-state index contributed by atoms with van der Waals surface area (Å²) >= 11 is 1.62. The Morgan fingerprint density at radius 2 is 1.00 bits per heavy atom. The van der Waals surface area contributed by atoms with Gasteiger partial charge >= 0.3 is 0 Å². The molecule has 0 aliphatic heterocycles. The topological polar surface area (TPSA) is 0 Å². The van der Waals surface area contributed by atoms with Gasteiger partial charge in [0.2, 0.25) is 10.3 Å². The lowest BCUT2D eigenvalue weighted by Gasteiger charge is -2.24. The van der Waals surface area contributed by atoms with Crippen molar-refractivity contribution in [2.75, 3.05) is 0 Å². The van der Waals surface area contributed by atoms with E-state index in [-0.39, 0.29) is 0 Å². The molecular weight excluding hydrogens is 380 g/mol. The summed E-state index contributed by atoms with van der Waals surface area (Å²) in [4.78, 5) is 1.20. The minimum absolute atomic E-state index is 0.375. The van der Waals surface area contributed by atoms with Crippen molar-refractivity contribution >= 4 is 22.7 Å². The van der Waals surface area contributed by atoms with Crippen LogP contribution in [-0.2, 0) is 10.8 Å². The minimum atomic E-state index is -0.805. The number of hydrogen-bond donors (Lipinski definition) is 0. The number of thiophene rings is 2. The zero-order valence-electron chi connectivity index (χ0n) is 14.5. The lowest BCUT2D eigenvalue weighted by Crippen LogP contribution is -2.18. The van der Waals surface area contributed by atoms with Gasteiger partial charge in [0.05, 0.1) is 0 Å². The second-order valence-corrected chi connectivity index (χ2v) is 9.92. The van der Waals surface area contributed by atoms with Gasteiger partial charge in [-0.1, -0.05) is 27.7 Å². The Morgan fingerprint density at radius 1 is 0.654 bits per heavy atom. The van der Waals surface area contributed by atoms with Crippen LogP contribution in [0.2, 0.25) is 0 Å². The molecule has 0 saturated heterocycles. The molecule has 26 heavy (non-hydrogen) atoms. The van der Waals surface area contributed by atoms with Crippen molar-refractivity contribution in [3.63, 3.8) is 0 Å². The van der Waals surface area contributed by atoms with Gasteiger partial charge in [0.1, 0.15) is 0 Å². The van der Waals surface area contributed by atoms with Gasteiger partial charge in [0.25, 0.3) is 0 Å². The first-order chi connectivity index (χ1) is 12.1. The van der Waals surface area contributed by atoms with Gasteiger partial charge in [-0.05, 0) is 34.4 Å². The molecule has 0 fully saturated rings. The van der Waals surface area contributed by atoms with Crippen molar-refractivity contribution in [1.82, 2.24) is 0 Å². The van der Waals surface area contributed by atoms with E-state index < -0.39 is 32.7 Å². The minimum Gasteiger partial charge on any atom is -0.202 e. The average Bonchev–Trinajstić information content (AvgIpc) is 3.16. The van der Waals surface area contributed by atoms with E-state index in [1.165, 1.54) is 0 Å². The first-order valence-corrected chi connectivity index (χ1v) is 9.86. The standard InChI is InChI=1S/C20H14F4S2/c1-19(2)9-5-8-10(6-7(9)15-11(19)13(21)17(23)25-15)20(3,4)12-14(22)18(24)26-16(8)12/h5-6H,1-4H3. The summed E-state index contributed by atoms with van der Waals surface area (Å²) in [6, 6.07) is 3.83. The SMILES string of the molecule is CC1(C)c2cc3c(cc2-c2sc(F)c(F)c21)C(C)(C)c1c-3sc(F)c1F. The molecule has 0 atom stereocenters. The number of fused-ring (bicyclic) bond motifs is 6. The molecule has 0 bridgehead atoms. The number of benzene rings is 1. The van der Waals surface area contributed by atoms with E-state index in [1.807, 2.05) is 39.8 Å². The fourth-order valence-corrected chi connectivity index (χ4v) is 6.73. The predicted octanol–water partition coefficient (Wildman–Crippen LogP) is 6.98. The maximum atomic E-state index is 14.4. The second-order valence-electron chi connectivity index (χ2n) is 7.98. The van der Waals surface area contributed by atoms with Crippen molar-refractivity contribution < 1.29 is 17.6 Å². The fraction of sp³-hybridized carbons (Fsp3) is 0.300. The quantitative estimate of drug-likeness (QED) is 0.361. The highest BCUT2D eigenvalue weighted by Crippen LogP contribution is 2.59. The molecule has 6 heteroatoms. The molecule has 2 aliphatic carbocycles. The largest absolute Gasteiger partial charge is 0.213 e. The molecular formula is C20H14F4S2. The molecule has 0 spiro atoms. The normalized spacial score (nSPS) is 17.8. The van der Waals surface area contributed by atoms with E-state index in [0.717, 1.165) is 44.9 Å². The second kappa shape index (κ2) is 4.60. The Morgan fingerprint density at radius 3 is 1.35 bits per heavy atom. The van der Waals surface area contributed by atoms with E-state index >= 15 is 0 Å². The average molecular weight is 394 g/mol. The lowest BCUT2D eigenvalue weighted by molar-refractivity contribution is 0.498. The molecule has 0 unspecified atom stereocenters. The molecule has 5 rings (SSSR count). The number of rotatable bonds is 0. The van der Waals surface area contributed by atoms with Crippen LogP contribution in [0.1, 0.15) is 49.9 Å². The third-order valence-electron chi connectivity index (χ3n) is 5.87. The van der Waals surface area contributed by atoms with Gasteiger partial charge in [-0.25, -0.2) is 8.78 Å². The van der Waals surface area contributed by atoms with E-state index in [4.69, 9.17) is 0 Å². The fourth-order valence-electron chi connectivity index (χ4n) is 4.54. The Bertz CT molecular complexity index is 1040. The van der Waals surface area contributed by atoms with Crippen LogP contribution in [0.3, 0.4) is 0 Å². The smallest absolute Gasteiger partial charge is 0.202 e. The molecule has 2 aromatic heterocycles. The Kier molecular flexibility index (Phi) is 2.92. The maximum Gasteiger partial charge on any atom is 0.213 e. The van der Waals surface area contributed by atoms with Gasteiger partial charge in [0, 0.05) is 31.7 Å². The van der Waals surface area contributed by atoms with Crippen LogP contribution in [0.15, 0.2) is 12.1 Å². The van der Waals surface area contributed by atoms with Gasteiger partial charge in [-0.2, -0.15) is 8.78 Å². The zero-order valence-corrected chi connectivity index (χ0v) is 16.1. The van der Waals surface area contributed by atoms with E-state index in [1.54, 1.807) is 0 Å². The number of hydrogen-bond acceptors (Lipinski definition) is 2. The van der Waals surface area contributed by atoms with Crippen LogP contribution in [0.25, 0.3) is 20.9 Å². The molecule has 0 nitrogen and oxygen atoms in total. The van der Waals surface area contributed by atoms with Crippen LogP contribution in [-0.4, -0.2) is 0 Å².